The molecule has 94 valence electrons. The minimum Gasteiger partial charge on any atom is -0.225 e. The zero-order chi connectivity index (χ0) is 12.5. The van der Waals surface area contributed by atoms with E-state index >= 15 is 0 Å². The summed E-state index contributed by atoms with van der Waals surface area (Å²) in [7, 11) is -3.53. The zero-order valence-electron chi connectivity index (χ0n) is 9.43. The van der Waals surface area contributed by atoms with Crippen LogP contribution in [0.2, 0.25) is 5.28 Å². The molecule has 0 saturated heterocycles. The number of nitrogens with zero attached hydrogens (tertiary/aromatic N) is 2. The SMILES string of the molecule is CC(CC1CC1)NS(=O)(=O)c1cnc(Cl)nc1. The van der Waals surface area contributed by atoms with E-state index < -0.39 is 10.0 Å². The molecule has 1 aromatic rings. The number of hydrogen-bond donors (Lipinski definition) is 1. The first-order chi connectivity index (χ1) is 7.97. The molecule has 1 unspecified atom stereocenters. The summed E-state index contributed by atoms with van der Waals surface area (Å²) in [5.74, 6) is 0.675. The van der Waals surface area contributed by atoms with Gasteiger partial charge in [-0.2, -0.15) is 0 Å². The van der Waals surface area contributed by atoms with Crippen molar-refractivity contribution in [1.82, 2.24) is 14.7 Å². The third-order valence-corrected chi connectivity index (χ3v) is 4.39. The molecule has 0 bridgehead atoms. The van der Waals surface area contributed by atoms with E-state index in [1.807, 2.05) is 6.92 Å². The van der Waals surface area contributed by atoms with Gasteiger partial charge in [0.15, 0.2) is 0 Å². The van der Waals surface area contributed by atoms with Crippen molar-refractivity contribution in [2.24, 2.45) is 5.92 Å². The molecule has 17 heavy (non-hydrogen) atoms. The second kappa shape index (κ2) is 4.88. The summed E-state index contributed by atoms with van der Waals surface area (Å²) in [6.45, 7) is 1.87. The molecule has 0 amide bonds. The van der Waals surface area contributed by atoms with E-state index in [1.54, 1.807) is 0 Å². The lowest BCUT2D eigenvalue weighted by atomic mass is 10.2. The fraction of sp³-hybridized carbons (Fsp3) is 0.600. The summed E-state index contributed by atoms with van der Waals surface area (Å²) in [6, 6.07) is -0.0665. The standard InChI is InChI=1S/C10H14ClN3O2S/c1-7(4-8-2-3-8)14-17(15,16)9-5-12-10(11)13-6-9/h5-8,14H,2-4H2,1H3. The van der Waals surface area contributed by atoms with Gasteiger partial charge in [0.05, 0.1) is 12.4 Å². The number of hydrogen-bond acceptors (Lipinski definition) is 4. The molecule has 7 heteroatoms. The molecular weight excluding hydrogens is 262 g/mol. The Morgan fingerprint density at radius 1 is 1.47 bits per heavy atom. The van der Waals surface area contributed by atoms with Gasteiger partial charge in [-0.25, -0.2) is 23.1 Å². The van der Waals surface area contributed by atoms with Crippen LogP contribution in [-0.4, -0.2) is 24.4 Å². The number of sulfonamides is 1. The van der Waals surface area contributed by atoms with Crippen LogP contribution in [0.3, 0.4) is 0 Å². The van der Waals surface area contributed by atoms with E-state index in [0.29, 0.717) is 5.92 Å². The van der Waals surface area contributed by atoms with Crippen LogP contribution in [0.5, 0.6) is 0 Å². The molecule has 1 N–H and O–H groups in total. The highest BCUT2D eigenvalue weighted by atomic mass is 35.5. The molecule has 0 aromatic carbocycles. The lowest BCUT2D eigenvalue weighted by Crippen LogP contribution is -2.33. The second-order valence-corrected chi connectivity index (χ2v) is 6.44. The van der Waals surface area contributed by atoms with Crippen LogP contribution in [0.15, 0.2) is 17.3 Å². The van der Waals surface area contributed by atoms with Gasteiger partial charge in [0.2, 0.25) is 15.3 Å². The maximum absolute atomic E-state index is 11.9. The van der Waals surface area contributed by atoms with E-state index in [9.17, 15) is 8.42 Å². The number of aromatic nitrogens is 2. The molecule has 1 aliphatic carbocycles. The van der Waals surface area contributed by atoms with E-state index in [2.05, 4.69) is 14.7 Å². The van der Waals surface area contributed by atoms with Crippen molar-refractivity contribution in [2.45, 2.75) is 37.1 Å². The Hall–Kier alpha value is -0.720. The van der Waals surface area contributed by atoms with Crippen LogP contribution in [0.4, 0.5) is 0 Å². The van der Waals surface area contributed by atoms with E-state index in [4.69, 9.17) is 11.6 Å². The van der Waals surface area contributed by atoms with Gasteiger partial charge < -0.3 is 0 Å². The van der Waals surface area contributed by atoms with Crippen molar-refractivity contribution in [3.8, 4) is 0 Å². The van der Waals surface area contributed by atoms with Crippen LogP contribution < -0.4 is 4.72 Å². The predicted molar refractivity (Wildman–Crippen MR) is 64.2 cm³/mol. The van der Waals surface area contributed by atoms with Gasteiger partial charge in [-0.3, -0.25) is 0 Å². The van der Waals surface area contributed by atoms with Gasteiger partial charge in [-0.05, 0) is 30.9 Å². The molecule has 1 aliphatic rings. The third kappa shape index (κ3) is 3.62. The quantitative estimate of drug-likeness (QED) is 0.829. The largest absolute Gasteiger partial charge is 0.243 e. The Balaban J connectivity index is 2.04. The molecule has 0 radical (unpaired) electrons. The van der Waals surface area contributed by atoms with E-state index in [0.717, 1.165) is 6.42 Å². The number of rotatable bonds is 5. The molecule has 1 heterocycles. The minimum absolute atomic E-state index is 0.0370. The van der Waals surface area contributed by atoms with Gasteiger partial charge in [0.25, 0.3) is 0 Å². The fourth-order valence-electron chi connectivity index (χ4n) is 1.67. The highest BCUT2D eigenvalue weighted by Gasteiger charge is 2.26. The van der Waals surface area contributed by atoms with E-state index in [1.165, 1.54) is 25.2 Å². The molecule has 1 atom stereocenters. The molecular formula is C10H14ClN3O2S. The summed E-state index contributed by atoms with van der Waals surface area (Å²) >= 11 is 5.51. The zero-order valence-corrected chi connectivity index (χ0v) is 11.0. The van der Waals surface area contributed by atoms with Crippen LogP contribution in [0, 0.1) is 5.92 Å². The first kappa shape index (κ1) is 12.7. The molecule has 2 rings (SSSR count). The molecule has 1 saturated carbocycles. The summed E-state index contributed by atoms with van der Waals surface area (Å²) in [5, 5.41) is 0.0370. The first-order valence-corrected chi connectivity index (χ1v) is 7.33. The normalized spacial score (nSPS) is 18.0. The molecule has 1 aromatic heterocycles. The predicted octanol–water partition coefficient (Wildman–Crippen LogP) is 1.60. The van der Waals surface area contributed by atoms with Crippen LogP contribution in [0.1, 0.15) is 26.2 Å². The molecule has 0 aliphatic heterocycles. The summed E-state index contributed by atoms with van der Waals surface area (Å²) < 4.78 is 26.5. The lowest BCUT2D eigenvalue weighted by Gasteiger charge is -2.13. The van der Waals surface area contributed by atoms with Crippen molar-refractivity contribution >= 4 is 21.6 Å². The Bertz CT molecular complexity index is 485. The van der Waals surface area contributed by atoms with Crippen molar-refractivity contribution in [3.05, 3.63) is 17.7 Å². The summed E-state index contributed by atoms with van der Waals surface area (Å²) in [6.07, 6.45) is 5.71. The summed E-state index contributed by atoms with van der Waals surface area (Å²) in [4.78, 5) is 7.37. The smallest absolute Gasteiger partial charge is 0.225 e. The van der Waals surface area contributed by atoms with Gasteiger partial charge in [-0.1, -0.05) is 12.8 Å². The maximum atomic E-state index is 11.9. The van der Waals surface area contributed by atoms with Crippen LogP contribution in [-0.2, 0) is 10.0 Å². The second-order valence-electron chi connectivity index (χ2n) is 4.39. The van der Waals surface area contributed by atoms with Crippen molar-refractivity contribution in [1.29, 1.82) is 0 Å². The molecule has 1 fully saturated rings. The van der Waals surface area contributed by atoms with Crippen molar-refractivity contribution in [3.63, 3.8) is 0 Å². The topological polar surface area (TPSA) is 72.0 Å². The van der Waals surface area contributed by atoms with Gasteiger partial charge in [-0.15, -0.1) is 0 Å². The minimum atomic E-state index is -3.53. The van der Waals surface area contributed by atoms with Gasteiger partial charge in [0.1, 0.15) is 4.90 Å². The number of halogens is 1. The van der Waals surface area contributed by atoms with Gasteiger partial charge >= 0.3 is 0 Å². The highest BCUT2D eigenvalue weighted by Crippen LogP contribution is 2.33. The average Bonchev–Trinajstić information content (AvgIpc) is 3.01. The van der Waals surface area contributed by atoms with Crippen molar-refractivity contribution < 1.29 is 8.42 Å². The third-order valence-electron chi connectivity index (χ3n) is 2.65. The molecule has 5 nitrogen and oxygen atoms in total. The number of nitrogens with one attached hydrogen (secondary N) is 1. The fourth-order valence-corrected chi connectivity index (χ4v) is 2.92. The Labute approximate surface area is 106 Å². The Morgan fingerprint density at radius 3 is 2.59 bits per heavy atom. The van der Waals surface area contributed by atoms with Crippen molar-refractivity contribution in [2.75, 3.05) is 0 Å². The lowest BCUT2D eigenvalue weighted by molar-refractivity contribution is 0.529. The van der Waals surface area contributed by atoms with E-state index in [-0.39, 0.29) is 16.2 Å². The van der Waals surface area contributed by atoms with Crippen LogP contribution >= 0.6 is 11.6 Å². The Morgan fingerprint density at radius 2 is 2.06 bits per heavy atom. The van der Waals surface area contributed by atoms with Crippen LogP contribution in [0.25, 0.3) is 0 Å². The highest BCUT2D eigenvalue weighted by molar-refractivity contribution is 7.89. The monoisotopic (exact) mass is 275 g/mol. The first-order valence-electron chi connectivity index (χ1n) is 5.47. The Kier molecular flexibility index (Phi) is 3.65. The molecule has 0 spiro atoms. The average molecular weight is 276 g/mol. The summed E-state index contributed by atoms with van der Waals surface area (Å²) in [5.41, 5.74) is 0. The van der Waals surface area contributed by atoms with Gasteiger partial charge in [0, 0.05) is 6.04 Å². The maximum Gasteiger partial charge on any atom is 0.243 e.